The number of benzene rings is 2. The number of anilines is 1. The molecular weight excluding hydrogens is 364 g/mol. The fraction of sp³-hybridized carbons (Fsp3) is 0.250. The van der Waals surface area contributed by atoms with Crippen molar-refractivity contribution in [3.05, 3.63) is 77.1 Å². The zero-order chi connectivity index (χ0) is 20.1. The molecule has 0 radical (unpaired) electrons. The summed E-state index contributed by atoms with van der Waals surface area (Å²) in [6.45, 7) is 0.620. The second kappa shape index (κ2) is 8.78. The number of nitrogens with one attached hydrogen (secondary N) is 2. The first-order valence-corrected chi connectivity index (χ1v) is 10.1. The van der Waals surface area contributed by atoms with Crippen molar-refractivity contribution < 1.29 is 14.3 Å². The lowest BCUT2D eigenvalue weighted by molar-refractivity contribution is -0.115. The van der Waals surface area contributed by atoms with Gasteiger partial charge < -0.3 is 15.4 Å². The van der Waals surface area contributed by atoms with Crippen molar-refractivity contribution in [3.63, 3.8) is 0 Å². The van der Waals surface area contributed by atoms with Crippen LogP contribution < -0.4 is 15.4 Å². The third kappa shape index (κ3) is 4.74. The Hall–Kier alpha value is -3.34. The van der Waals surface area contributed by atoms with Crippen LogP contribution in [-0.4, -0.2) is 18.4 Å². The molecule has 2 aromatic rings. The van der Waals surface area contributed by atoms with Crippen molar-refractivity contribution in [1.82, 2.24) is 5.32 Å². The second-order valence-corrected chi connectivity index (χ2v) is 7.30. The maximum Gasteiger partial charge on any atom is 0.291 e. The number of rotatable bonds is 5. The number of hydrogen-bond donors (Lipinski definition) is 2. The lowest BCUT2D eigenvalue weighted by atomic mass is 9.97. The van der Waals surface area contributed by atoms with Crippen molar-refractivity contribution in [2.24, 2.45) is 0 Å². The molecule has 2 amide bonds. The number of allylic oxidation sites excluding steroid dienone is 1. The van der Waals surface area contributed by atoms with E-state index in [0.717, 1.165) is 24.8 Å². The standard InChI is InChI=1S/C24H24N2O3/c27-23(25-14-13-17-7-3-1-4-8-17)19-11-12-21-20(16-19)26-24(28)22(29-21)15-18-9-5-2-6-10-18/h2,5-7,9-12,15-16H,1,3-4,8,13-14H2,(H,25,27)(H,26,28)/b22-15-. The lowest BCUT2D eigenvalue weighted by Gasteiger charge is -2.20. The van der Waals surface area contributed by atoms with E-state index < -0.39 is 0 Å². The minimum Gasteiger partial charge on any atom is -0.449 e. The molecule has 0 unspecified atom stereocenters. The first-order chi connectivity index (χ1) is 14.2. The summed E-state index contributed by atoms with van der Waals surface area (Å²) in [6.07, 6.45) is 9.67. The molecule has 2 N–H and O–H groups in total. The van der Waals surface area contributed by atoms with Gasteiger partial charge in [0, 0.05) is 12.1 Å². The van der Waals surface area contributed by atoms with Gasteiger partial charge in [-0.1, -0.05) is 42.0 Å². The molecule has 0 saturated carbocycles. The first kappa shape index (κ1) is 19.0. The summed E-state index contributed by atoms with van der Waals surface area (Å²) in [4.78, 5) is 24.8. The molecule has 0 saturated heterocycles. The lowest BCUT2D eigenvalue weighted by Crippen LogP contribution is -2.26. The molecule has 0 aromatic heterocycles. The predicted octanol–water partition coefficient (Wildman–Crippen LogP) is 4.68. The Bertz CT molecular complexity index is 977. The van der Waals surface area contributed by atoms with Gasteiger partial charge in [0.1, 0.15) is 0 Å². The second-order valence-electron chi connectivity index (χ2n) is 7.30. The molecule has 5 nitrogen and oxygen atoms in total. The molecule has 1 aliphatic carbocycles. The van der Waals surface area contributed by atoms with Crippen LogP contribution in [0.5, 0.6) is 5.75 Å². The molecule has 0 spiro atoms. The highest BCUT2D eigenvalue weighted by molar-refractivity contribution is 6.09. The Balaban J connectivity index is 1.41. The van der Waals surface area contributed by atoms with Crippen LogP contribution in [0.3, 0.4) is 0 Å². The van der Waals surface area contributed by atoms with Gasteiger partial charge >= 0.3 is 0 Å². The minimum atomic E-state index is -0.330. The van der Waals surface area contributed by atoms with Crippen molar-refractivity contribution in [3.8, 4) is 5.75 Å². The van der Waals surface area contributed by atoms with Crippen LogP contribution in [0.2, 0.25) is 0 Å². The Morgan fingerprint density at radius 1 is 1.14 bits per heavy atom. The Morgan fingerprint density at radius 3 is 2.79 bits per heavy atom. The van der Waals surface area contributed by atoms with E-state index in [0.29, 0.717) is 23.5 Å². The van der Waals surface area contributed by atoms with Crippen molar-refractivity contribution in [2.75, 3.05) is 11.9 Å². The third-order valence-corrected chi connectivity index (χ3v) is 5.15. The van der Waals surface area contributed by atoms with E-state index in [-0.39, 0.29) is 17.6 Å². The number of carbonyl (C=O) groups excluding carboxylic acids is 2. The van der Waals surface area contributed by atoms with E-state index in [9.17, 15) is 9.59 Å². The van der Waals surface area contributed by atoms with Gasteiger partial charge in [-0.2, -0.15) is 0 Å². The Kier molecular flexibility index (Phi) is 5.75. The van der Waals surface area contributed by atoms with E-state index >= 15 is 0 Å². The van der Waals surface area contributed by atoms with Gasteiger partial charge in [-0.05, 0) is 61.9 Å². The number of amides is 2. The quantitative estimate of drug-likeness (QED) is 0.577. The average Bonchev–Trinajstić information content (AvgIpc) is 2.75. The topological polar surface area (TPSA) is 67.4 Å². The Labute approximate surface area is 170 Å². The average molecular weight is 388 g/mol. The molecule has 0 bridgehead atoms. The molecule has 5 heteroatoms. The van der Waals surface area contributed by atoms with Gasteiger partial charge in [0.2, 0.25) is 0 Å². The maximum absolute atomic E-state index is 12.5. The zero-order valence-corrected chi connectivity index (χ0v) is 16.2. The normalized spacial score (nSPS) is 17.0. The van der Waals surface area contributed by atoms with E-state index in [2.05, 4.69) is 16.7 Å². The third-order valence-electron chi connectivity index (χ3n) is 5.15. The van der Waals surface area contributed by atoms with E-state index in [1.165, 1.54) is 18.4 Å². The van der Waals surface area contributed by atoms with Crippen LogP contribution in [0, 0.1) is 0 Å². The fourth-order valence-electron chi connectivity index (χ4n) is 3.57. The van der Waals surface area contributed by atoms with Gasteiger partial charge in [0.25, 0.3) is 11.8 Å². The summed E-state index contributed by atoms with van der Waals surface area (Å²) in [6, 6.07) is 14.6. The van der Waals surface area contributed by atoms with Gasteiger partial charge in [-0.3, -0.25) is 9.59 Å². The van der Waals surface area contributed by atoms with Gasteiger partial charge in [0.05, 0.1) is 5.69 Å². The molecule has 2 aromatic carbocycles. The first-order valence-electron chi connectivity index (χ1n) is 10.1. The highest BCUT2D eigenvalue weighted by atomic mass is 16.5. The minimum absolute atomic E-state index is 0.149. The number of ether oxygens (including phenoxy) is 1. The van der Waals surface area contributed by atoms with E-state index in [1.54, 1.807) is 24.3 Å². The van der Waals surface area contributed by atoms with Gasteiger partial charge in [-0.15, -0.1) is 0 Å². The van der Waals surface area contributed by atoms with Crippen LogP contribution in [-0.2, 0) is 4.79 Å². The van der Waals surface area contributed by atoms with Crippen LogP contribution in [0.4, 0.5) is 5.69 Å². The molecule has 148 valence electrons. The molecule has 1 heterocycles. The highest BCUT2D eigenvalue weighted by Gasteiger charge is 2.23. The summed E-state index contributed by atoms with van der Waals surface area (Å²) < 4.78 is 5.75. The van der Waals surface area contributed by atoms with Gasteiger partial charge in [-0.25, -0.2) is 0 Å². The molecular formula is C24H24N2O3. The monoisotopic (exact) mass is 388 g/mol. The van der Waals surface area contributed by atoms with Gasteiger partial charge in [0.15, 0.2) is 11.5 Å². The molecule has 0 atom stereocenters. The molecule has 0 fully saturated rings. The van der Waals surface area contributed by atoms with Crippen LogP contribution in [0.15, 0.2) is 65.9 Å². The molecule has 1 aliphatic heterocycles. The highest BCUT2D eigenvalue weighted by Crippen LogP contribution is 2.32. The number of hydrogen-bond acceptors (Lipinski definition) is 3. The van der Waals surface area contributed by atoms with Crippen molar-refractivity contribution in [2.45, 2.75) is 32.1 Å². The van der Waals surface area contributed by atoms with Crippen molar-refractivity contribution in [1.29, 1.82) is 0 Å². The number of carbonyl (C=O) groups is 2. The summed E-state index contributed by atoms with van der Waals surface area (Å²) >= 11 is 0. The smallest absolute Gasteiger partial charge is 0.291 e. The maximum atomic E-state index is 12.5. The summed E-state index contributed by atoms with van der Waals surface area (Å²) in [5, 5.41) is 5.77. The van der Waals surface area contributed by atoms with E-state index in [1.807, 2.05) is 30.3 Å². The molecule has 29 heavy (non-hydrogen) atoms. The largest absolute Gasteiger partial charge is 0.449 e. The van der Waals surface area contributed by atoms with Crippen LogP contribution in [0.1, 0.15) is 48.0 Å². The summed E-state index contributed by atoms with van der Waals surface area (Å²) in [7, 11) is 0. The zero-order valence-electron chi connectivity index (χ0n) is 16.2. The summed E-state index contributed by atoms with van der Waals surface area (Å²) in [5.74, 6) is 0.268. The number of fused-ring (bicyclic) bond motifs is 1. The fourth-order valence-corrected chi connectivity index (χ4v) is 3.57. The van der Waals surface area contributed by atoms with Crippen molar-refractivity contribution >= 4 is 23.6 Å². The molecule has 2 aliphatic rings. The Morgan fingerprint density at radius 2 is 2.00 bits per heavy atom. The predicted molar refractivity (Wildman–Crippen MR) is 114 cm³/mol. The van der Waals surface area contributed by atoms with Crippen LogP contribution in [0.25, 0.3) is 6.08 Å². The SMILES string of the molecule is O=C1Nc2cc(C(=O)NCCC3=CCCCC3)ccc2O/C1=C\c1ccccc1. The van der Waals surface area contributed by atoms with Crippen LogP contribution >= 0.6 is 0 Å². The summed E-state index contributed by atoms with van der Waals surface area (Å²) in [5.41, 5.74) is 3.31. The molecule has 4 rings (SSSR count). The van der Waals surface area contributed by atoms with E-state index in [4.69, 9.17) is 4.74 Å².